The van der Waals surface area contributed by atoms with Crippen molar-refractivity contribution in [2.75, 3.05) is 18.0 Å². The predicted octanol–water partition coefficient (Wildman–Crippen LogP) is 3.07. The Bertz CT molecular complexity index is 1430. The van der Waals surface area contributed by atoms with Crippen molar-refractivity contribution in [3.8, 4) is 11.7 Å². The van der Waals surface area contributed by atoms with Crippen molar-refractivity contribution < 1.29 is 9.21 Å². The van der Waals surface area contributed by atoms with Crippen LogP contribution in [0.5, 0.6) is 0 Å². The second-order valence-corrected chi connectivity index (χ2v) is 9.26. The zero-order valence-corrected chi connectivity index (χ0v) is 18.9. The molecule has 172 valence electrons. The van der Waals surface area contributed by atoms with Crippen LogP contribution in [0, 0.1) is 0 Å². The molecule has 1 aliphatic carbocycles. The van der Waals surface area contributed by atoms with E-state index in [2.05, 4.69) is 31.5 Å². The van der Waals surface area contributed by atoms with Gasteiger partial charge in [0.2, 0.25) is 17.6 Å². The number of imidazole rings is 1. The Hall–Kier alpha value is -3.66. The number of para-hydroxylation sites is 1. The van der Waals surface area contributed by atoms with Crippen molar-refractivity contribution in [2.24, 2.45) is 0 Å². The molecule has 0 radical (unpaired) electrons. The first-order valence-corrected chi connectivity index (χ1v) is 11.9. The molecule has 2 aliphatic heterocycles. The highest BCUT2D eigenvalue weighted by Crippen LogP contribution is 2.50. The second-order valence-electron chi connectivity index (χ2n) is 9.26. The monoisotopic (exact) mass is 456 g/mol. The highest BCUT2D eigenvalue weighted by molar-refractivity contribution is 6.15. The van der Waals surface area contributed by atoms with E-state index in [1.165, 1.54) is 6.33 Å². The molecule has 5 heterocycles. The quantitative estimate of drug-likeness (QED) is 0.498. The molecular formula is C24H24N8O2. The molecule has 1 N–H and O–H groups in total. The SMILES string of the molecule is CCn1c(-c2nnc(C3CC3)o2)nc2c(N3C(=O)C4(CCNCC4)c4ccccc43)ncnc21. The van der Waals surface area contributed by atoms with E-state index >= 15 is 0 Å². The summed E-state index contributed by atoms with van der Waals surface area (Å²) in [7, 11) is 0. The summed E-state index contributed by atoms with van der Waals surface area (Å²) in [6.07, 6.45) is 5.18. The standard InChI is InChI=1S/C24H24N8O2/c1-2-31-18-17(28-20(31)22-30-29-21(34-22)14-7-8-14)19(27-13-26-18)32-16-6-4-3-5-15(16)24(23(32)33)9-11-25-12-10-24/h3-6,13-14,25H,2,7-12H2,1H3. The van der Waals surface area contributed by atoms with E-state index in [-0.39, 0.29) is 5.91 Å². The lowest BCUT2D eigenvalue weighted by Gasteiger charge is -2.32. The van der Waals surface area contributed by atoms with Crippen LogP contribution < -0.4 is 10.2 Å². The fraction of sp³-hybridized carbons (Fsp3) is 0.417. The molecule has 34 heavy (non-hydrogen) atoms. The van der Waals surface area contributed by atoms with Crippen LogP contribution >= 0.6 is 0 Å². The van der Waals surface area contributed by atoms with E-state index in [4.69, 9.17) is 9.40 Å². The molecule has 4 aromatic rings. The Labute approximate surface area is 195 Å². The number of carbonyl (C=O) groups is 1. The lowest BCUT2D eigenvalue weighted by molar-refractivity contribution is -0.123. The molecule has 1 spiro atoms. The van der Waals surface area contributed by atoms with Gasteiger partial charge < -0.3 is 14.3 Å². The Kier molecular flexibility index (Phi) is 4.17. The molecule has 7 rings (SSSR count). The van der Waals surface area contributed by atoms with Gasteiger partial charge in [-0.3, -0.25) is 9.69 Å². The van der Waals surface area contributed by atoms with Gasteiger partial charge in [-0.15, -0.1) is 10.2 Å². The summed E-state index contributed by atoms with van der Waals surface area (Å²) >= 11 is 0. The van der Waals surface area contributed by atoms with Crippen molar-refractivity contribution in [1.82, 2.24) is 35.0 Å². The molecule has 10 heteroatoms. The topological polar surface area (TPSA) is 115 Å². The summed E-state index contributed by atoms with van der Waals surface area (Å²) in [5, 5.41) is 11.9. The average molecular weight is 457 g/mol. The number of hydrogen-bond acceptors (Lipinski definition) is 8. The first kappa shape index (κ1) is 19.8. The number of carbonyl (C=O) groups excluding carboxylic acids is 1. The summed E-state index contributed by atoms with van der Waals surface area (Å²) in [6, 6.07) is 8.04. The number of nitrogens with one attached hydrogen (secondary N) is 1. The first-order valence-electron chi connectivity index (χ1n) is 11.9. The van der Waals surface area contributed by atoms with Crippen LogP contribution in [0.2, 0.25) is 0 Å². The van der Waals surface area contributed by atoms with Crippen LogP contribution in [0.4, 0.5) is 11.5 Å². The number of nitrogens with zero attached hydrogens (tertiary/aromatic N) is 7. The van der Waals surface area contributed by atoms with Crippen LogP contribution in [0.3, 0.4) is 0 Å². The molecule has 1 amide bonds. The minimum atomic E-state index is -0.541. The highest BCUT2D eigenvalue weighted by Gasteiger charge is 2.52. The third-order valence-electron chi connectivity index (χ3n) is 7.33. The number of piperidine rings is 1. The van der Waals surface area contributed by atoms with E-state index in [9.17, 15) is 4.79 Å². The van der Waals surface area contributed by atoms with Crippen LogP contribution in [0.1, 0.15) is 50.0 Å². The molecule has 1 aromatic carbocycles. The molecule has 2 fully saturated rings. The van der Waals surface area contributed by atoms with Gasteiger partial charge >= 0.3 is 0 Å². The summed E-state index contributed by atoms with van der Waals surface area (Å²) in [6.45, 7) is 4.25. The molecule has 1 saturated heterocycles. The summed E-state index contributed by atoms with van der Waals surface area (Å²) in [5.41, 5.74) is 2.59. The third kappa shape index (κ3) is 2.65. The number of benzene rings is 1. The van der Waals surface area contributed by atoms with Gasteiger partial charge in [-0.05, 0) is 57.3 Å². The largest absolute Gasteiger partial charge is 0.418 e. The zero-order chi connectivity index (χ0) is 22.9. The first-order chi connectivity index (χ1) is 16.7. The number of amides is 1. The van der Waals surface area contributed by atoms with Gasteiger partial charge in [-0.2, -0.15) is 0 Å². The molecule has 3 aromatic heterocycles. The molecule has 0 bridgehead atoms. The Balaban J connectivity index is 1.41. The van der Waals surface area contributed by atoms with Crippen molar-refractivity contribution >= 4 is 28.6 Å². The summed E-state index contributed by atoms with van der Waals surface area (Å²) < 4.78 is 7.90. The van der Waals surface area contributed by atoms with Gasteiger partial charge in [-0.1, -0.05) is 18.2 Å². The van der Waals surface area contributed by atoms with Crippen LogP contribution in [0.15, 0.2) is 35.0 Å². The molecule has 0 atom stereocenters. The summed E-state index contributed by atoms with van der Waals surface area (Å²) in [5.74, 6) is 2.49. The van der Waals surface area contributed by atoms with E-state index < -0.39 is 5.41 Å². The molecule has 10 nitrogen and oxygen atoms in total. The van der Waals surface area contributed by atoms with Gasteiger partial charge in [0.25, 0.3) is 5.89 Å². The number of aryl methyl sites for hydroxylation is 1. The second kappa shape index (κ2) is 7.17. The maximum Gasteiger partial charge on any atom is 0.284 e. The number of aromatic nitrogens is 6. The van der Waals surface area contributed by atoms with Crippen LogP contribution in [-0.2, 0) is 16.8 Å². The smallest absolute Gasteiger partial charge is 0.284 e. The molecule has 0 unspecified atom stereocenters. The third-order valence-corrected chi connectivity index (χ3v) is 7.33. The van der Waals surface area contributed by atoms with E-state index in [0.29, 0.717) is 47.1 Å². The molecule has 3 aliphatic rings. The predicted molar refractivity (Wildman–Crippen MR) is 124 cm³/mol. The Morgan fingerprint density at radius 2 is 1.97 bits per heavy atom. The van der Waals surface area contributed by atoms with Gasteiger partial charge in [0.15, 0.2) is 17.0 Å². The maximum atomic E-state index is 14.1. The zero-order valence-electron chi connectivity index (χ0n) is 18.9. The van der Waals surface area contributed by atoms with E-state index in [1.807, 2.05) is 29.7 Å². The van der Waals surface area contributed by atoms with Crippen molar-refractivity contribution in [3.63, 3.8) is 0 Å². The molecular weight excluding hydrogens is 432 g/mol. The fourth-order valence-corrected chi connectivity index (χ4v) is 5.43. The van der Waals surface area contributed by atoms with Gasteiger partial charge in [-0.25, -0.2) is 15.0 Å². The maximum absolute atomic E-state index is 14.1. The number of hydrogen-bond donors (Lipinski definition) is 1. The van der Waals surface area contributed by atoms with Crippen molar-refractivity contribution in [3.05, 3.63) is 42.0 Å². The minimum Gasteiger partial charge on any atom is -0.418 e. The highest BCUT2D eigenvalue weighted by atomic mass is 16.4. The number of anilines is 2. The average Bonchev–Trinajstić information content (AvgIpc) is 3.41. The lowest BCUT2D eigenvalue weighted by atomic mass is 9.74. The van der Waals surface area contributed by atoms with Crippen LogP contribution in [-0.4, -0.2) is 48.7 Å². The van der Waals surface area contributed by atoms with Crippen LogP contribution in [0.25, 0.3) is 22.9 Å². The summed E-state index contributed by atoms with van der Waals surface area (Å²) in [4.78, 5) is 29.8. The Morgan fingerprint density at radius 3 is 2.76 bits per heavy atom. The minimum absolute atomic E-state index is 0.0524. The van der Waals surface area contributed by atoms with Gasteiger partial charge in [0.1, 0.15) is 6.33 Å². The van der Waals surface area contributed by atoms with Gasteiger partial charge in [0.05, 0.1) is 11.1 Å². The van der Waals surface area contributed by atoms with Crippen molar-refractivity contribution in [1.29, 1.82) is 0 Å². The lowest BCUT2D eigenvalue weighted by Crippen LogP contribution is -2.46. The van der Waals surface area contributed by atoms with Crippen molar-refractivity contribution in [2.45, 2.75) is 50.5 Å². The molecule has 1 saturated carbocycles. The number of rotatable bonds is 4. The fourth-order valence-electron chi connectivity index (χ4n) is 5.43. The van der Waals surface area contributed by atoms with E-state index in [0.717, 1.165) is 50.0 Å². The normalized spacial score (nSPS) is 19.3. The van der Waals surface area contributed by atoms with E-state index in [1.54, 1.807) is 4.90 Å². The number of fused-ring (bicyclic) bond motifs is 3. The Morgan fingerprint density at radius 1 is 1.15 bits per heavy atom. The van der Waals surface area contributed by atoms with Gasteiger partial charge in [0, 0.05) is 12.5 Å².